The van der Waals surface area contributed by atoms with E-state index in [4.69, 9.17) is 9.47 Å². The molecule has 10 nitrogen and oxygen atoms in total. The van der Waals surface area contributed by atoms with Gasteiger partial charge in [-0.25, -0.2) is 4.68 Å². The van der Waals surface area contributed by atoms with Crippen molar-refractivity contribution < 1.29 is 19.4 Å². The van der Waals surface area contributed by atoms with Crippen molar-refractivity contribution >= 4 is 11.6 Å². The number of ether oxygens (including phenoxy) is 2. The van der Waals surface area contributed by atoms with E-state index in [1.165, 1.54) is 6.92 Å². The van der Waals surface area contributed by atoms with E-state index >= 15 is 0 Å². The van der Waals surface area contributed by atoms with Crippen LogP contribution in [-0.4, -0.2) is 82.1 Å². The zero-order valence-corrected chi connectivity index (χ0v) is 17.7. The first-order chi connectivity index (χ1) is 15.1. The van der Waals surface area contributed by atoms with Crippen LogP contribution in [-0.2, 0) is 33.9 Å². The number of anilines is 1. The number of morpholine rings is 1. The van der Waals surface area contributed by atoms with Crippen LogP contribution >= 0.6 is 0 Å². The van der Waals surface area contributed by atoms with Gasteiger partial charge < -0.3 is 25.2 Å². The summed E-state index contributed by atoms with van der Waals surface area (Å²) in [5.74, 6) is -0.0962. The summed E-state index contributed by atoms with van der Waals surface area (Å²) in [6, 6.07) is 7.42. The Morgan fingerprint density at radius 2 is 2.03 bits per heavy atom. The quantitative estimate of drug-likeness (QED) is 0.536. The van der Waals surface area contributed by atoms with Gasteiger partial charge in [0.25, 0.3) is 0 Å². The molecule has 2 aliphatic rings. The fraction of sp³-hybridized carbons (Fsp3) is 0.571. The molecule has 0 aliphatic carbocycles. The number of amides is 1. The van der Waals surface area contributed by atoms with Gasteiger partial charge in [-0.1, -0.05) is 17.3 Å². The fourth-order valence-corrected chi connectivity index (χ4v) is 3.93. The summed E-state index contributed by atoms with van der Waals surface area (Å²) in [4.78, 5) is 13.4. The minimum absolute atomic E-state index is 0.0962. The summed E-state index contributed by atoms with van der Waals surface area (Å²) < 4.78 is 13.0. The molecule has 2 aliphatic heterocycles. The minimum atomic E-state index is -0.583. The molecule has 0 bridgehead atoms. The molecule has 10 heteroatoms. The Balaban J connectivity index is 1.30. The van der Waals surface area contributed by atoms with Crippen molar-refractivity contribution in [1.82, 2.24) is 25.2 Å². The van der Waals surface area contributed by atoms with Crippen molar-refractivity contribution in [3.63, 3.8) is 0 Å². The van der Waals surface area contributed by atoms with Crippen molar-refractivity contribution in [2.75, 3.05) is 38.2 Å². The lowest BCUT2D eigenvalue weighted by atomic mass is 10.1. The van der Waals surface area contributed by atoms with Crippen molar-refractivity contribution in [3.05, 3.63) is 41.7 Å². The highest BCUT2D eigenvalue weighted by molar-refractivity contribution is 5.88. The minimum Gasteiger partial charge on any atom is -0.389 e. The van der Waals surface area contributed by atoms with Crippen LogP contribution in [0.3, 0.4) is 0 Å². The standard InChI is InChI=1S/C21H30N6O4/c1-15(28)23-17-4-2-16(3-5-17)10-22-21-19(29)14-31-20(21)13-27-12-18(24-25-27)11-26-6-8-30-9-7-26/h2-5,12,19-22,29H,6-11,13-14H2,1H3,(H,23,28)/t19-,20+,21+/m0/s1. The maximum absolute atomic E-state index is 11.1. The van der Waals surface area contributed by atoms with E-state index in [-0.39, 0.29) is 18.1 Å². The van der Waals surface area contributed by atoms with Gasteiger partial charge in [0.15, 0.2) is 0 Å². The Labute approximate surface area is 181 Å². The van der Waals surface area contributed by atoms with E-state index in [9.17, 15) is 9.90 Å². The first-order valence-electron chi connectivity index (χ1n) is 10.7. The zero-order chi connectivity index (χ0) is 21.6. The molecule has 2 saturated heterocycles. The molecule has 0 radical (unpaired) electrons. The van der Waals surface area contributed by atoms with E-state index in [1.807, 2.05) is 30.5 Å². The number of rotatable bonds is 8. The van der Waals surface area contributed by atoms with Crippen LogP contribution in [0.2, 0.25) is 0 Å². The molecule has 3 heterocycles. The Bertz CT molecular complexity index is 852. The molecule has 4 rings (SSSR count). The lowest BCUT2D eigenvalue weighted by Crippen LogP contribution is -2.45. The molecular weight excluding hydrogens is 400 g/mol. The Hall–Kier alpha value is -2.37. The van der Waals surface area contributed by atoms with Gasteiger partial charge in [0.05, 0.1) is 50.3 Å². The predicted octanol–water partition coefficient (Wildman–Crippen LogP) is -0.0132. The second-order valence-corrected chi connectivity index (χ2v) is 8.04. The number of hydrogen-bond donors (Lipinski definition) is 3. The molecule has 2 fully saturated rings. The summed E-state index contributed by atoms with van der Waals surface area (Å²) in [5.41, 5.74) is 2.74. The largest absolute Gasteiger partial charge is 0.389 e. The van der Waals surface area contributed by atoms with Gasteiger partial charge in [0, 0.05) is 45.0 Å². The normalized spacial score (nSPS) is 24.4. The van der Waals surface area contributed by atoms with Gasteiger partial charge in [0.2, 0.25) is 5.91 Å². The lowest BCUT2D eigenvalue weighted by Gasteiger charge is -2.25. The monoisotopic (exact) mass is 430 g/mol. The molecule has 0 unspecified atom stereocenters. The van der Waals surface area contributed by atoms with E-state index in [2.05, 4.69) is 25.8 Å². The lowest BCUT2D eigenvalue weighted by molar-refractivity contribution is -0.114. The number of carbonyl (C=O) groups is 1. The molecule has 2 aromatic rings. The summed E-state index contributed by atoms with van der Waals surface area (Å²) >= 11 is 0. The number of carbonyl (C=O) groups excluding carboxylic acids is 1. The third-order valence-corrected chi connectivity index (χ3v) is 5.55. The number of nitrogens with one attached hydrogen (secondary N) is 2. The highest BCUT2D eigenvalue weighted by Crippen LogP contribution is 2.18. The van der Waals surface area contributed by atoms with Crippen LogP contribution in [0.5, 0.6) is 0 Å². The first-order valence-corrected chi connectivity index (χ1v) is 10.7. The number of aliphatic hydroxyl groups excluding tert-OH is 1. The Kier molecular flexibility index (Phi) is 7.25. The molecular formula is C21H30N6O4. The van der Waals surface area contributed by atoms with Gasteiger partial charge in [-0.3, -0.25) is 9.69 Å². The average Bonchev–Trinajstić information content (AvgIpc) is 3.34. The van der Waals surface area contributed by atoms with E-state index in [0.29, 0.717) is 19.7 Å². The maximum atomic E-state index is 11.1. The maximum Gasteiger partial charge on any atom is 0.221 e. The van der Waals surface area contributed by atoms with Crippen LogP contribution in [0.25, 0.3) is 0 Å². The number of aliphatic hydroxyl groups is 1. The van der Waals surface area contributed by atoms with Gasteiger partial charge in [-0.15, -0.1) is 5.10 Å². The third kappa shape index (κ3) is 6.08. The van der Waals surface area contributed by atoms with Crippen molar-refractivity contribution in [3.8, 4) is 0 Å². The smallest absolute Gasteiger partial charge is 0.221 e. The zero-order valence-electron chi connectivity index (χ0n) is 17.7. The topological polar surface area (TPSA) is 114 Å². The van der Waals surface area contributed by atoms with Crippen LogP contribution < -0.4 is 10.6 Å². The molecule has 31 heavy (non-hydrogen) atoms. The Morgan fingerprint density at radius 1 is 1.26 bits per heavy atom. The predicted molar refractivity (Wildman–Crippen MR) is 113 cm³/mol. The third-order valence-electron chi connectivity index (χ3n) is 5.55. The van der Waals surface area contributed by atoms with Gasteiger partial charge in [-0.2, -0.15) is 0 Å². The highest BCUT2D eigenvalue weighted by Gasteiger charge is 2.36. The summed E-state index contributed by atoms with van der Waals surface area (Å²) in [6.07, 6.45) is 1.16. The SMILES string of the molecule is CC(=O)Nc1ccc(CN[C@@H]2[C@@H](O)CO[C@@H]2Cn2cc(CN3CCOCC3)nn2)cc1. The molecule has 3 atom stereocenters. The van der Waals surface area contributed by atoms with Crippen LogP contribution in [0.1, 0.15) is 18.2 Å². The van der Waals surface area contributed by atoms with E-state index < -0.39 is 6.10 Å². The second kappa shape index (κ2) is 10.3. The summed E-state index contributed by atoms with van der Waals surface area (Å²) in [6.45, 7) is 6.96. The molecule has 1 aromatic heterocycles. The molecule has 3 N–H and O–H groups in total. The second-order valence-electron chi connectivity index (χ2n) is 8.04. The molecule has 0 spiro atoms. The van der Waals surface area contributed by atoms with E-state index in [0.717, 1.165) is 49.8 Å². The molecule has 168 valence electrons. The average molecular weight is 431 g/mol. The van der Waals surface area contributed by atoms with Crippen LogP contribution in [0, 0.1) is 0 Å². The number of aromatic nitrogens is 3. The fourth-order valence-electron chi connectivity index (χ4n) is 3.93. The summed E-state index contributed by atoms with van der Waals surface area (Å²) in [7, 11) is 0. The first kappa shape index (κ1) is 21.8. The molecule has 1 aromatic carbocycles. The van der Waals surface area contributed by atoms with Crippen molar-refractivity contribution in [2.24, 2.45) is 0 Å². The van der Waals surface area contributed by atoms with Gasteiger partial charge in [0.1, 0.15) is 0 Å². The van der Waals surface area contributed by atoms with Gasteiger partial charge in [-0.05, 0) is 17.7 Å². The number of benzene rings is 1. The number of hydrogen-bond acceptors (Lipinski definition) is 8. The van der Waals surface area contributed by atoms with Crippen LogP contribution in [0.4, 0.5) is 5.69 Å². The number of nitrogens with zero attached hydrogens (tertiary/aromatic N) is 4. The Morgan fingerprint density at radius 3 is 2.77 bits per heavy atom. The molecule has 0 saturated carbocycles. The molecule has 1 amide bonds. The summed E-state index contributed by atoms with van der Waals surface area (Å²) in [5, 5.41) is 25.1. The van der Waals surface area contributed by atoms with Gasteiger partial charge >= 0.3 is 0 Å². The van der Waals surface area contributed by atoms with Crippen molar-refractivity contribution in [2.45, 2.75) is 44.8 Å². The van der Waals surface area contributed by atoms with Crippen LogP contribution in [0.15, 0.2) is 30.5 Å². The van der Waals surface area contributed by atoms with E-state index in [1.54, 1.807) is 4.68 Å². The van der Waals surface area contributed by atoms with Crippen molar-refractivity contribution in [1.29, 1.82) is 0 Å². The highest BCUT2D eigenvalue weighted by atomic mass is 16.5.